The molecule has 0 spiro atoms. The van der Waals surface area contributed by atoms with E-state index in [9.17, 15) is 9.90 Å². The number of aromatic hydroxyl groups is 1. The van der Waals surface area contributed by atoms with E-state index < -0.39 is 0 Å². The van der Waals surface area contributed by atoms with Gasteiger partial charge < -0.3 is 14.8 Å². The predicted octanol–water partition coefficient (Wildman–Crippen LogP) is 5.68. The van der Waals surface area contributed by atoms with E-state index >= 15 is 0 Å². The minimum Gasteiger partial charge on any atom is -0.507 e. The van der Waals surface area contributed by atoms with Gasteiger partial charge >= 0.3 is 5.97 Å². The lowest BCUT2D eigenvalue weighted by Gasteiger charge is -2.23. The molecule has 0 atom stereocenters. The zero-order valence-corrected chi connectivity index (χ0v) is 15.8. The summed E-state index contributed by atoms with van der Waals surface area (Å²) in [5.74, 6) is 0.436. The van der Waals surface area contributed by atoms with Crippen molar-refractivity contribution in [1.29, 1.82) is 0 Å². The number of carbonyl (C=O) groups is 1. The summed E-state index contributed by atoms with van der Waals surface area (Å²) in [6.45, 7) is 1.91. The monoisotopic (exact) mass is 363 g/mol. The number of aryl methyl sites for hydroxylation is 1. The first-order valence-electron chi connectivity index (χ1n) is 9.63. The first kappa shape index (κ1) is 17.7. The van der Waals surface area contributed by atoms with Crippen molar-refractivity contribution >= 4 is 16.9 Å². The van der Waals surface area contributed by atoms with Crippen LogP contribution in [0, 0.1) is 6.92 Å². The van der Waals surface area contributed by atoms with Gasteiger partial charge in [-0.3, -0.25) is 0 Å². The van der Waals surface area contributed by atoms with Crippen LogP contribution < -0.4 is 0 Å². The van der Waals surface area contributed by atoms with Gasteiger partial charge in [-0.15, -0.1) is 0 Å². The predicted molar refractivity (Wildman–Crippen MR) is 107 cm³/mol. The number of carbonyl (C=O) groups excluding carboxylic acids is 1. The number of phenolic OH excluding ortho intramolecular Hbond substituents is 1. The zero-order chi connectivity index (χ0) is 19.0. The van der Waals surface area contributed by atoms with Gasteiger partial charge in [-0.25, -0.2) is 4.79 Å². The molecule has 0 unspecified atom stereocenters. The van der Waals surface area contributed by atoms with Gasteiger partial charge in [-0.1, -0.05) is 37.5 Å². The van der Waals surface area contributed by atoms with Crippen LogP contribution in [0.15, 0.2) is 36.4 Å². The lowest BCUT2D eigenvalue weighted by atomic mass is 9.81. The third-order valence-electron chi connectivity index (χ3n) is 5.78. The first-order chi connectivity index (χ1) is 13.1. The molecule has 2 aromatic carbocycles. The third kappa shape index (κ3) is 3.09. The fraction of sp³-hybridized carbons (Fsp3) is 0.348. The number of benzene rings is 2. The minimum absolute atomic E-state index is 0.314. The van der Waals surface area contributed by atoms with E-state index in [1.54, 1.807) is 0 Å². The summed E-state index contributed by atoms with van der Waals surface area (Å²) >= 11 is 0. The van der Waals surface area contributed by atoms with Crippen LogP contribution >= 0.6 is 0 Å². The van der Waals surface area contributed by atoms with Gasteiger partial charge in [0.05, 0.1) is 18.4 Å². The number of hydrogen-bond acceptors (Lipinski definition) is 3. The van der Waals surface area contributed by atoms with Crippen LogP contribution in [0.1, 0.15) is 59.5 Å². The molecule has 0 aliphatic heterocycles. The number of aromatic nitrogens is 1. The summed E-state index contributed by atoms with van der Waals surface area (Å²) < 4.78 is 4.87. The summed E-state index contributed by atoms with van der Waals surface area (Å²) in [6.07, 6.45) is 6.07. The molecular formula is C23H25NO3. The lowest BCUT2D eigenvalue weighted by molar-refractivity contribution is 0.0601. The molecule has 0 bridgehead atoms. The Hall–Kier alpha value is -2.75. The third-order valence-corrected chi connectivity index (χ3v) is 5.78. The Morgan fingerprint density at radius 3 is 2.67 bits per heavy atom. The highest BCUT2D eigenvalue weighted by atomic mass is 16.5. The van der Waals surface area contributed by atoms with E-state index in [0.29, 0.717) is 17.2 Å². The maximum absolute atomic E-state index is 11.9. The quantitative estimate of drug-likeness (QED) is 0.588. The number of methoxy groups -OCH3 is 1. The molecule has 0 saturated heterocycles. The maximum Gasteiger partial charge on any atom is 0.337 e. The van der Waals surface area contributed by atoms with Crippen molar-refractivity contribution in [2.24, 2.45) is 0 Å². The Kier molecular flexibility index (Phi) is 4.65. The van der Waals surface area contributed by atoms with Crippen LogP contribution in [0.3, 0.4) is 0 Å². The van der Waals surface area contributed by atoms with Gasteiger partial charge in [0, 0.05) is 16.5 Å². The Labute approximate surface area is 159 Å². The largest absolute Gasteiger partial charge is 0.507 e. The second-order valence-corrected chi connectivity index (χ2v) is 7.47. The molecule has 2 N–H and O–H groups in total. The molecule has 1 fully saturated rings. The zero-order valence-electron chi connectivity index (χ0n) is 15.8. The van der Waals surface area contributed by atoms with Crippen molar-refractivity contribution in [3.8, 4) is 17.0 Å². The molecule has 1 aliphatic rings. The number of para-hydroxylation sites is 1. The number of nitrogens with one attached hydrogen (secondary N) is 1. The molecule has 1 heterocycles. The number of ether oxygens (including phenoxy) is 1. The highest BCUT2D eigenvalue weighted by molar-refractivity contribution is 5.98. The summed E-state index contributed by atoms with van der Waals surface area (Å²) in [5.41, 5.74) is 5.36. The van der Waals surface area contributed by atoms with E-state index in [0.717, 1.165) is 40.6 Å². The molecule has 4 heteroatoms. The number of aromatic amines is 1. The number of hydrogen-bond donors (Lipinski definition) is 2. The van der Waals surface area contributed by atoms with Gasteiger partial charge in [-0.05, 0) is 55.0 Å². The number of rotatable bonds is 3. The smallest absolute Gasteiger partial charge is 0.337 e. The van der Waals surface area contributed by atoms with Crippen molar-refractivity contribution in [1.82, 2.24) is 4.98 Å². The summed E-state index contributed by atoms with van der Waals surface area (Å²) in [4.78, 5) is 15.4. The Morgan fingerprint density at radius 2 is 1.93 bits per heavy atom. The molecule has 0 amide bonds. The molecule has 4 rings (SSSR count). The van der Waals surface area contributed by atoms with Crippen molar-refractivity contribution < 1.29 is 14.6 Å². The molecule has 0 radical (unpaired) electrons. The fourth-order valence-corrected chi connectivity index (χ4v) is 4.35. The van der Waals surface area contributed by atoms with Gasteiger partial charge in [-0.2, -0.15) is 0 Å². The van der Waals surface area contributed by atoms with Gasteiger partial charge in [0.15, 0.2) is 0 Å². The second kappa shape index (κ2) is 7.10. The van der Waals surface area contributed by atoms with Crippen LogP contribution in [0.25, 0.3) is 22.2 Å². The standard InChI is InChI=1S/C23H25NO3/c1-14-7-6-10-18(22(14)25)21-20(15-8-4-3-5-9-15)17-12-11-16(23(26)27-2)13-19(17)24-21/h6-7,10-13,15,24-25H,3-5,8-9H2,1-2H3. The van der Waals surface area contributed by atoms with Crippen molar-refractivity contribution in [2.75, 3.05) is 7.11 Å². The molecule has 1 aromatic heterocycles. The van der Waals surface area contributed by atoms with E-state index in [-0.39, 0.29) is 5.97 Å². The molecule has 1 saturated carbocycles. The Bertz CT molecular complexity index is 996. The van der Waals surface area contributed by atoms with Crippen LogP contribution in [0.4, 0.5) is 0 Å². The van der Waals surface area contributed by atoms with E-state index in [2.05, 4.69) is 4.98 Å². The van der Waals surface area contributed by atoms with Crippen molar-refractivity contribution in [3.05, 3.63) is 53.1 Å². The molecule has 1 aliphatic carbocycles. The first-order valence-corrected chi connectivity index (χ1v) is 9.63. The number of fused-ring (bicyclic) bond motifs is 1. The summed E-state index contributed by atoms with van der Waals surface area (Å²) in [7, 11) is 1.39. The van der Waals surface area contributed by atoms with E-state index in [1.165, 1.54) is 31.9 Å². The average Bonchev–Trinajstić information content (AvgIpc) is 3.08. The fourth-order valence-electron chi connectivity index (χ4n) is 4.35. The molecular weight excluding hydrogens is 338 g/mol. The molecule has 4 nitrogen and oxygen atoms in total. The molecule has 3 aromatic rings. The topological polar surface area (TPSA) is 62.3 Å². The summed E-state index contributed by atoms with van der Waals surface area (Å²) in [5, 5.41) is 11.8. The highest BCUT2D eigenvalue weighted by Gasteiger charge is 2.25. The Morgan fingerprint density at radius 1 is 1.15 bits per heavy atom. The minimum atomic E-state index is -0.342. The lowest BCUT2D eigenvalue weighted by Crippen LogP contribution is -2.05. The number of phenols is 1. The molecule has 140 valence electrons. The highest BCUT2D eigenvalue weighted by Crippen LogP contribution is 2.44. The Balaban J connectivity index is 1.95. The van der Waals surface area contributed by atoms with Crippen LogP contribution in [0.2, 0.25) is 0 Å². The normalized spacial score (nSPS) is 15.2. The van der Waals surface area contributed by atoms with Gasteiger partial charge in [0.25, 0.3) is 0 Å². The van der Waals surface area contributed by atoms with Crippen molar-refractivity contribution in [3.63, 3.8) is 0 Å². The van der Waals surface area contributed by atoms with Gasteiger partial charge in [0.2, 0.25) is 0 Å². The number of esters is 1. The van der Waals surface area contributed by atoms with Gasteiger partial charge in [0.1, 0.15) is 5.75 Å². The van der Waals surface area contributed by atoms with E-state index in [1.807, 2.05) is 43.3 Å². The summed E-state index contributed by atoms with van der Waals surface area (Å²) in [6, 6.07) is 11.5. The molecule has 27 heavy (non-hydrogen) atoms. The second-order valence-electron chi connectivity index (χ2n) is 7.47. The SMILES string of the molecule is COC(=O)c1ccc2c(C3CCCCC3)c(-c3cccc(C)c3O)[nH]c2c1. The van der Waals surface area contributed by atoms with Crippen LogP contribution in [-0.4, -0.2) is 23.2 Å². The van der Waals surface area contributed by atoms with Crippen LogP contribution in [0.5, 0.6) is 5.75 Å². The maximum atomic E-state index is 11.9. The number of H-pyrrole nitrogens is 1. The van der Waals surface area contributed by atoms with Crippen molar-refractivity contribution in [2.45, 2.75) is 44.9 Å². The average molecular weight is 363 g/mol. The van der Waals surface area contributed by atoms with E-state index in [4.69, 9.17) is 4.74 Å². The van der Waals surface area contributed by atoms with Crippen LogP contribution in [-0.2, 0) is 4.74 Å².